The average molecular weight is 318 g/mol. The molecule has 4 nitrogen and oxygen atoms in total. The van der Waals surface area contributed by atoms with Gasteiger partial charge >= 0.3 is 0 Å². The van der Waals surface area contributed by atoms with E-state index in [1.807, 2.05) is 30.5 Å². The van der Waals surface area contributed by atoms with Crippen molar-refractivity contribution >= 4 is 16.7 Å². The molecule has 4 heteroatoms. The van der Waals surface area contributed by atoms with Crippen LogP contribution in [-0.4, -0.2) is 4.98 Å². The molecule has 3 aromatic heterocycles. The number of nitrogens with one attached hydrogen (secondary N) is 3. The second kappa shape index (κ2) is 5.89. The predicted octanol–water partition coefficient (Wildman–Crippen LogP) is 4.39. The van der Waals surface area contributed by atoms with E-state index >= 15 is 0 Å². The van der Waals surface area contributed by atoms with E-state index in [1.165, 1.54) is 16.5 Å². The Labute approximate surface area is 140 Å². The van der Waals surface area contributed by atoms with E-state index in [0.29, 0.717) is 0 Å². The second-order valence-electron chi connectivity index (χ2n) is 6.08. The number of aromatic amines is 2. The van der Waals surface area contributed by atoms with Gasteiger partial charge in [0.15, 0.2) is 11.8 Å². The SMILES string of the molecule is Cc1cc[nH+]c(N[C@H](c2ccco2)c2c(C)[nH]c3ccccc23)c1. The third kappa shape index (κ3) is 2.56. The van der Waals surface area contributed by atoms with Gasteiger partial charge in [0.25, 0.3) is 5.82 Å². The Morgan fingerprint density at radius 1 is 1.08 bits per heavy atom. The lowest BCUT2D eigenvalue weighted by molar-refractivity contribution is -0.361. The Morgan fingerprint density at radius 2 is 1.96 bits per heavy atom. The number of hydrogen-bond donors (Lipinski definition) is 2. The number of benzene rings is 1. The molecule has 0 fully saturated rings. The third-order valence-electron chi connectivity index (χ3n) is 4.32. The zero-order valence-corrected chi connectivity index (χ0v) is 13.8. The molecule has 0 bridgehead atoms. The number of aryl methyl sites for hydroxylation is 2. The first-order valence-corrected chi connectivity index (χ1v) is 8.08. The van der Waals surface area contributed by atoms with Gasteiger partial charge in [0.2, 0.25) is 0 Å². The summed E-state index contributed by atoms with van der Waals surface area (Å²) >= 11 is 0. The van der Waals surface area contributed by atoms with E-state index in [-0.39, 0.29) is 6.04 Å². The van der Waals surface area contributed by atoms with Gasteiger partial charge in [-0.2, -0.15) is 0 Å². The van der Waals surface area contributed by atoms with Gasteiger partial charge in [-0.1, -0.05) is 18.2 Å². The van der Waals surface area contributed by atoms with E-state index in [2.05, 4.69) is 53.4 Å². The van der Waals surface area contributed by atoms with Crippen molar-refractivity contribution in [2.24, 2.45) is 0 Å². The van der Waals surface area contributed by atoms with Crippen LogP contribution in [0.1, 0.15) is 28.6 Å². The summed E-state index contributed by atoms with van der Waals surface area (Å²) in [7, 11) is 0. The first-order valence-electron chi connectivity index (χ1n) is 8.08. The molecule has 0 aliphatic carbocycles. The van der Waals surface area contributed by atoms with Crippen molar-refractivity contribution in [2.75, 3.05) is 5.32 Å². The quantitative estimate of drug-likeness (QED) is 0.586. The van der Waals surface area contributed by atoms with E-state index in [4.69, 9.17) is 4.42 Å². The fourth-order valence-electron chi connectivity index (χ4n) is 3.23. The summed E-state index contributed by atoms with van der Waals surface area (Å²) in [4.78, 5) is 6.74. The summed E-state index contributed by atoms with van der Waals surface area (Å²) in [6, 6.07) is 16.4. The number of rotatable bonds is 4. The van der Waals surface area contributed by atoms with Gasteiger partial charge in [0.05, 0.1) is 12.5 Å². The Bertz CT molecular complexity index is 970. The minimum Gasteiger partial charge on any atom is -0.464 e. The van der Waals surface area contributed by atoms with Crippen molar-refractivity contribution in [3.8, 4) is 0 Å². The fraction of sp³-hybridized carbons (Fsp3) is 0.150. The highest BCUT2D eigenvalue weighted by molar-refractivity contribution is 5.85. The first kappa shape index (κ1) is 14.6. The molecule has 4 aromatic rings. The molecule has 4 rings (SSSR count). The van der Waals surface area contributed by atoms with Crippen LogP contribution in [0.15, 0.2) is 65.4 Å². The molecule has 0 aliphatic heterocycles. The largest absolute Gasteiger partial charge is 0.464 e. The summed E-state index contributed by atoms with van der Waals surface area (Å²) in [5, 5.41) is 4.79. The number of furan rings is 1. The molecule has 0 spiro atoms. The third-order valence-corrected chi connectivity index (χ3v) is 4.32. The molecule has 0 saturated heterocycles. The average Bonchev–Trinajstić information content (AvgIpc) is 3.20. The summed E-state index contributed by atoms with van der Waals surface area (Å²) in [5.41, 5.74) is 4.68. The van der Waals surface area contributed by atoms with E-state index in [1.54, 1.807) is 6.26 Å². The molecule has 0 saturated carbocycles. The summed E-state index contributed by atoms with van der Waals surface area (Å²) in [6.45, 7) is 4.19. The van der Waals surface area contributed by atoms with Crippen LogP contribution in [0.25, 0.3) is 10.9 Å². The molecular formula is C20H20N3O+. The number of anilines is 1. The molecule has 0 aliphatic rings. The minimum absolute atomic E-state index is 0.0748. The van der Waals surface area contributed by atoms with Crippen molar-refractivity contribution < 1.29 is 9.40 Å². The monoisotopic (exact) mass is 318 g/mol. The molecule has 24 heavy (non-hydrogen) atoms. The lowest BCUT2D eigenvalue weighted by atomic mass is 10.0. The molecule has 3 N–H and O–H groups in total. The van der Waals surface area contributed by atoms with Crippen molar-refractivity contribution in [3.05, 3.63) is 83.6 Å². The fourth-order valence-corrected chi connectivity index (χ4v) is 3.23. The first-order chi connectivity index (χ1) is 11.7. The molecule has 0 radical (unpaired) electrons. The maximum atomic E-state index is 5.74. The van der Waals surface area contributed by atoms with Gasteiger partial charge in [-0.3, -0.25) is 5.32 Å². The summed E-state index contributed by atoms with van der Waals surface area (Å²) in [6.07, 6.45) is 3.66. The summed E-state index contributed by atoms with van der Waals surface area (Å²) in [5.74, 6) is 1.85. The second-order valence-corrected chi connectivity index (χ2v) is 6.08. The van der Waals surface area contributed by atoms with E-state index < -0.39 is 0 Å². The maximum absolute atomic E-state index is 5.74. The van der Waals surface area contributed by atoms with E-state index in [9.17, 15) is 0 Å². The van der Waals surface area contributed by atoms with Crippen LogP contribution in [0.2, 0.25) is 0 Å². The zero-order valence-electron chi connectivity index (χ0n) is 13.8. The van der Waals surface area contributed by atoms with Gasteiger partial charge < -0.3 is 9.40 Å². The van der Waals surface area contributed by atoms with Crippen molar-refractivity contribution in [1.82, 2.24) is 4.98 Å². The molecule has 120 valence electrons. The number of aromatic nitrogens is 2. The number of hydrogen-bond acceptors (Lipinski definition) is 2. The summed E-state index contributed by atoms with van der Waals surface area (Å²) < 4.78 is 5.74. The maximum Gasteiger partial charge on any atom is 0.273 e. The minimum atomic E-state index is -0.0748. The van der Waals surface area contributed by atoms with Crippen LogP contribution in [0.5, 0.6) is 0 Å². The number of para-hydroxylation sites is 1. The van der Waals surface area contributed by atoms with Gasteiger partial charge in [-0.25, -0.2) is 4.98 Å². The molecule has 3 heterocycles. The Balaban J connectivity index is 1.85. The van der Waals surface area contributed by atoms with Crippen LogP contribution >= 0.6 is 0 Å². The highest BCUT2D eigenvalue weighted by atomic mass is 16.3. The van der Waals surface area contributed by atoms with Crippen molar-refractivity contribution in [2.45, 2.75) is 19.9 Å². The van der Waals surface area contributed by atoms with Crippen LogP contribution in [0.4, 0.5) is 5.82 Å². The van der Waals surface area contributed by atoms with Gasteiger partial charge in [-0.05, 0) is 43.7 Å². The highest BCUT2D eigenvalue weighted by Crippen LogP contribution is 2.34. The predicted molar refractivity (Wildman–Crippen MR) is 94.9 cm³/mol. The highest BCUT2D eigenvalue weighted by Gasteiger charge is 2.27. The van der Waals surface area contributed by atoms with Gasteiger partial charge in [0, 0.05) is 28.2 Å². The lowest BCUT2D eigenvalue weighted by Gasteiger charge is -2.13. The number of fused-ring (bicyclic) bond motifs is 1. The molecule has 1 aromatic carbocycles. The van der Waals surface area contributed by atoms with Crippen LogP contribution < -0.4 is 10.3 Å². The zero-order chi connectivity index (χ0) is 16.5. The normalized spacial score (nSPS) is 12.4. The van der Waals surface area contributed by atoms with Crippen LogP contribution in [0.3, 0.4) is 0 Å². The molecule has 0 unspecified atom stereocenters. The Hall–Kier alpha value is -3.01. The van der Waals surface area contributed by atoms with E-state index in [0.717, 1.165) is 22.8 Å². The lowest BCUT2D eigenvalue weighted by Crippen LogP contribution is -2.19. The molecule has 1 atom stereocenters. The standard InChI is InChI=1S/C20H19N3O/c1-13-9-10-21-18(12-13)23-20(17-8-5-11-24-17)19-14(2)22-16-7-4-3-6-15(16)19/h3-12,20,22H,1-2H3,(H,21,23)/p+1/t20-/m1/s1. The number of pyridine rings is 1. The molecule has 0 amide bonds. The smallest absolute Gasteiger partial charge is 0.273 e. The van der Waals surface area contributed by atoms with Crippen molar-refractivity contribution in [1.29, 1.82) is 0 Å². The Kier molecular flexibility index (Phi) is 3.58. The van der Waals surface area contributed by atoms with Gasteiger partial charge in [-0.15, -0.1) is 0 Å². The molecular weight excluding hydrogens is 298 g/mol. The van der Waals surface area contributed by atoms with Crippen molar-refractivity contribution in [3.63, 3.8) is 0 Å². The van der Waals surface area contributed by atoms with Crippen LogP contribution in [-0.2, 0) is 0 Å². The van der Waals surface area contributed by atoms with Crippen LogP contribution in [0, 0.1) is 13.8 Å². The van der Waals surface area contributed by atoms with Gasteiger partial charge in [0.1, 0.15) is 0 Å². The Morgan fingerprint density at radius 3 is 2.75 bits per heavy atom. The number of H-pyrrole nitrogens is 2. The topological polar surface area (TPSA) is 55.1 Å².